The van der Waals surface area contributed by atoms with Crippen LogP contribution < -0.4 is 20.1 Å². The molecule has 0 radical (unpaired) electrons. The molecule has 1 aliphatic carbocycles. The van der Waals surface area contributed by atoms with Gasteiger partial charge in [0.25, 0.3) is 5.91 Å². The third-order valence-corrected chi connectivity index (χ3v) is 6.09. The predicted octanol–water partition coefficient (Wildman–Crippen LogP) is 5.99. The Bertz CT molecular complexity index is 847. The van der Waals surface area contributed by atoms with Crippen molar-refractivity contribution in [2.24, 2.45) is 0 Å². The zero-order chi connectivity index (χ0) is 22.1. The summed E-state index contributed by atoms with van der Waals surface area (Å²) in [4.78, 5) is 12.3. The molecule has 0 aliphatic heterocycles. The highest BCUT2D eigenvalue weighted by Gasteiger charge is 2.16. The van der Waals surface area contributed by atoms with Crippen LogP contribution in [0.2, 0.25) is 0 Å². The molecule has 2 aromatic carbocycles. The summed E-state index contributed by atoms with van der Waals surface area (Å²) in [5.41, 5.74) is 3.03. The monoisotopic (exact) mass is 488 g/mol. The van der Waals surface area contributed by atoms with Crippen molar-refractivity contribution in [3.63, 3.8) is 0 Å². The molecule has 1 aliphatic rings. The second-order valence-electron chi connectivity index (χ2n) is 8.11. The van der Waals surface area contributed by atoms with Gasteiger partial charge in [-0.1, -0.05) is 43.4 Å². The first-order valence-electron chi connectivity index (χ1n) is 11.2. The summed E-state index contributed by atoms with van der Waals surface area (Å²) in [6.45, 7) is 5.18. The third-order valence-electron chi connectivity index (χ3n) is 5.50. The van der Waals surface area contributed by atoms with Crippen molar-refractivity contribution < 1.29 is 14.3 Å². The number of amides is 1. The number of rotatable bonds is 9. The van der Waals surface area contributed by atoms with Gasteiger partial charge in [0.05, 0.1) is 11.1 Å². The number of carbonyl (C=O) groups is 1. The molecule has 0 saturated heterocycles. The van der Waals surface area contributed by atoms with E-state index in [1.54, 1.807) is 0 Å². The first kappa shape index (κ1) is 23.6. The van der Waals surface area contributed by atoms with Crippen molar-refractivity contribution in [3.8, 4) is 11.5 Å². The van der Waals surface area contributed by atoms with Crippen LogP contribution in [-0.4, -0.2) is 25.2 Å². The van der Waals surface area contributed by atoms with E-state index >= 15 is 0 Å². The molecule has 0 unspecified atom stereocenters. The number of benzene rings is 2. The number of ether oxygens (including phenoxy) is 2. The molecular weight excluding hydrogens is 456 g/mol. The number of hydrogen-bond acceptors (Lipinski definition) is 4. The number of halogens is 1. The highest BCUT2D eigenvalue weighted by molar-refractivity contribution is 9.10. The van der Waals surface area contributed by atoms with E-state index in [4.69, 9.17) is 9.47 Å². The highest BCUT2D eigenvalue weighted by Crippen LogP contribution is 2.37. The number of anilines is 1. The maximum Gasteiger partial charge on any atom is 0.262 e. The molecule has 168 valence electrons. The molecule has 2 aromatic rings. The zero-order valence-electron chi connectivity index (χ0n) is 18.5. The van der Waals surface area contributed by atoms with Gasteiger partial charge in [-0.2, -0.15) is 0 Å². The number of aryl methyl sites for hydroxylation is 1. The van der Waals surface area contributed by atoms with Crippen molar-refractivity contribution in [1.82, 2.24) is 5.32 Å². The van der Waals surface area contributed by atoms with Gasteiger partial charge >= 0.3 is 0 Å². The molecule has 0 bridgehead atoms. The third kappa shape index (κ3) is 7.54. The first-order chi connectivity index (χ1) is 15.0. The van der Waals surface area contributed by atoms with Crippen LogP contribution in [0.1, 0.15) is 56.6 Å². The molecule has 0 aromatic heterocycles. The summed E-state index contributed by atoms with van der Waals surface area (Å²) in [5, 5.41) is 6.55. The summed E-state index contributed by atoms with van der Waals surface area (Å²) < 4.78 is 12.5. The average molecular weight is 489 g/mol. The Hall–Kier alpha value is -2.05. The van der Waals surface area contributed by atoms with E-state index < -0.39 is 0 Å². The van der Waals surface area contributed by atoms with E-state index in [1.165, 1.54) is 38.5 Å². The van der Waals surface area contributed by atoms with Crippen LogP contribution in [0, 0.1) is 6.92 Å². The first-order valence-corrected chi connectivity index (χ1v) is 12.0. The van der Waals surface area contributed by atoms with Crippen LogP contribution in [0.3, 0.4) is 0 Å². The Morgan fingerprint density at radius 3 is 2.45 bits per heavy atom. The molecule has 1 amide bonds. The van der Waals surface area contributed by atoms with Crippen molar-refractivity contribution in [1.29, 1.82) is 0 Å². The molecule has 0 atom stereocenters. The maximum absolute atomic E-state index is 12.3. The van der Waals surface area contributed by atoms with E-state index in [0.717, 1.165) is 27.8 Å². The maximum atomic E-state index is 12.3. The Morgan fingerprint density at radius 1 is 1.06 bits per heavy atom. The lowest BCUT2D eigenvalue weighted by molar-refractivity contribution is -0.118. The minimum atomic E-state index is -0.211. The molecule has 0 heterocycles. The van der Waals surface area contributed by atoms with Crippen LogP contribution in [0.15, 0.2) is 40.9 Å². The van der Waals surface area contributed by atoms with Gasteiger partial charge in [-0.3, -0.25) is 4.79 Å². The van der Waals surface area contributed by atoms with Crippen LogP contribution in [0.4, 0.5) is 5.69 Å². The van der Waals surface area contributed by atoms with Gasteiger partial charge in [-0.25, -0.2) is 0 Å². The Morgan fingerprint density at radius 2 is 1.77 bits per heavy atom. The zero-order valence-corrected chi connectivity index (χ0v) is 20.1. The van der Waals surface area contributed by atoms with E-state index in [-0.39, 0.29) is 12.5 Å². The van der Waals surface area contributed by atoms with Gasteiger partial charge in [-0.05, 0) is 72.4 Å². The van der Waals surface area contributed by atoms with Gasteiger partial charge in [0.2, 0.25) is 0 Å². The molecule has 31 heavy (non-hydrogen) atoms. The van der Waals surface area contributed by atoms with Crippen molar-refractivity contribution in [3.05, 3.63) is 52.0 Å². The molecule has 5 nitrogen and oxygen atoms in total. The number of nitrogens with one attached hydrogen (secondary N) is 2. The Kier molecular flexibility index (Phi) is 9.22. The Balaban J connectivity index is 1.61. The van der Waals surface area contributed by atoms with E-state index in [2.05, 4.69) is 26.6 Å². The molecular formula is C25H33BrN2O3. The fourth-order valence-corrected chi connectivity index (χ4v) is 4.45. The topological polar surface area (TPSA) is 59.6 Å². The van der Waals surface area contributed by atoms with Crippen molar-refractivity contribution in [2.75, 3.05) is 18.5 Å². The minimum Gasteiger partial charge on any atom is -0.490 e. The summed E-state index contributed by atoms with van der Waals surface area (Å²) >= 11 is 3.61. The summed E-state index contributed by atoms with van der Waals surface area (Å²) in [7, 11) is 0. The smallest absolute Gasteiger partial charge is 0.262 e. The van der Waals surface area contributed by atoms with Crippen LogP contribution >= 0.6 is 15.9 Å². The lowest BCUT2D eigenvalue weighted by atomic mass is 10.1. The number of carbonyl (C=O) groups excluding carboxylic acids is 1. The molecule has 6 heteroatoms. The van der Waals surface area contributed by atoms with Gasteiger partial charge < -0.3 is 20.1 Å². The average Bonchev–Trinajstić information content (AvgIpc) is 3.02. The van der Waals surface area contributed by atoms with E-state index in [1.807, 2.05) is 50.2 Å². The lowest BCUT2D eigenvalue weighted by Gasteiger charge is -2.18. The van der Waals surface area contributed by atoms with Crippen LogP contribution in [0.5, 0.6) is 11.5 Å². The minimum absolute atomic E-state index is 0.0911. The van der Waals surface area contributed by atoms with Gasteiger partial charge in [0.1, 0.15) is 0 Å². The SMILES string of the molecule is CCOc1cc(CNC2CCCCCC2)cc(Br)c1OCC(=O)Nc1ccc(C)cc1. The van der Waals surface area contributed by atoms with Crippen molar-refractivity contribution in [2.45, 2.75) is 65.0 Å². The summed E-state index contributed by atoms with van der Waals surface area (Å²) in [6, 6.07) is 12.3. The summed E-state index contributed by atoms with van der Waals surface area (Å²) in [6.07, 6.45) is 7.81. The van der Waals surface area contributed by atoms with Gasteiger partial charge in [-0.15, -0.1) is 0 Å². The van der Waals surface area contributed by atoms with E-state index in [0.29, 0.717) is 24.1 Å². The molecule has 1 saturated carbocycles. The normalized spacial score (nSPS) is 14.7. The van der Waals surface area contributed by atoms with Crippen LogP contribution in [0.25, 0.3) is 0 Å². The number of hydrogen-bond donors (Lipinski definition) is 2. The van der Waals surface area contributed by atoms with Gasteiger partial charge in [0, 0.05) is 18.3 Å². The van der Waals surface area contributed by atoms with E-state index in [9.17, 15) is 4.79 Å². The van der Waals surface area contributed by atoms with Crippen LogP contribution in [-0.2, 0) is 11.3 Å². The molecule has 0 spiro atoms. The fraction of sp³-hybridized carbons (Fsp3) is 0.480. The van der Waals surface area contributed by atoms with Gasteiger partial charge in [0.15, 0.2) is 18.1 Å². The summed E-state index contributed by atoms with van der Waals surface area (Å²) in [5.74, 6) is 0.995. The second kappa shape index (κ2) is 12.1. The van der Waals surface area contributed by atoms with Crippen molar-refractivity contribution >= 4 is 27.5 Å². The molecule has 2 N–H and O–H groups in total. The Labute approximate surface area is 194 Å². The highest BCUT2D eigenvalue weighted by atomic mass is 79.9. The second-order valence-corrected chi connectivity index (χ2v) is 8.96. The fourth-order valence-electron chi connectivity index (χ4n) is 3.84. The quantitative estimate of drug-likeness (QED) is 0.425. The standard InChI is InChI=1S/C25H33BrN2O3/c1-3-30-23-15-19(16-27-20-8-6-4-5-7-9-20)14-22(26)25(23)31-17-24(29)28-21-12-10-18(2)11-13-21/h10-15,20,27H,3-9,16-17H2,1-2H3,(H,28,29). The predicted molar refractivity (Wildman–Crippen MR) is 129 cm³/mol. The molecule has 3 rings (SSSR count). The molecule has 1 fully saturated rings. The largest absolute Gasteiger partial charge is 0.490 e. The lowest BCUT2D eigenvalue weighted by Crippen LogP contribution is -2.27.